The summed E-state index contributed by atoms with van der Waals surface area (Å²) in [6.45, 7) is 12.2. The Morgan fingerprint density at radius 3 is 2.43 bits per heavy atom. The van der Waals surface area contributed by atoms with Crippen LogP contribution in [0.2, 0.25) is 5.02 Å². The second-order valence-electron chi connectivity index (χ2n) is 6.84. The van der Waals surface area contributed by atoms with Gasteiger partial charge in [0.05, 0.1) is 0 Å². The lowest BCUT2D eigenvalue weighted by molar-refractivity contribution is 0.311. The molecular formula is C18H29ClN2. The summed E-state index contributed by atoms with van der Waals surface area (Å²) in [6, 6.07) is 6.77. The number of nitrogens with one attached hydrogen (secondary N) is 1. The number of nitrogens with zero attached hydrogens (tertiary/aromatic N) is 1. The highest BCUT2D eigenvalue weighted by molar-refractivity contribution is 6.31. The Hall–Kier alpha value is -0.730. The first-order valence-corrected chi connectivity index (χ1v) is 8.62. The minimum Gasteiger partial charge on any atom is -0.371 e. The van der Waals surface area contributed by atoms with E-state index in [1.165, 1.54) is 24.1 Å². The standard InChI is InChI=1S/C18H29ClN2/c1-13(2)15-8-10-21(11-9-15)18-7-5-6-17(19)16(18)12-20-14(3)4/h5-7,13-15,20H,8-12H2,1-4H3. The average Bonchev–Trinajstić information content (AvgIpc) is 2.45. The molecule has 1 N–H and O–H groups in total. The second-order valence-corrected chi connectivity index (χ2v) is 7.25. The third-order valence-electron chi connectivity index (χ3n) is 4.60. The maximum absolute atomic E-state index is 6.44. The molecule has 0 bridgehead atoms. The van der Waals surface area contributed by atoms with E-state index >= 15 is 0 Å². The molecule has 118 valence electrons. The largest absolute Gasteiger partial charge is 0.371 e. The summed E-state index contributed by atoms with van der Waals surface area (Å²) >= 11 is 6.44. The van der Waals surface area contributed by atoms with Crippen molar-refractivity contribution in [2.24, 2.45) is 11.8 Å². The minimum atomic E-state index is 0.473. The van der Waals surface area contributed by atoms with E-state index in [-0.39, 0.29) is 0 Å². The summed E-state index contributed by atoms with van der Waals surface area (Å²) in [6.07, 6.45) is 2.59. The molecule has 21 heavy (non-hydrogen) atoms. The van der Waals surface area contributed by atoms with Gasteiger partial charge in [0.25, 0.3) is 0 Å². The quantitative estimate of drug-likeness (QED) is 0.847. The highest BCUT2D eigenvalue weighted by Crippen LogP contribution is 2.32. The highest BCUT2D eigenvalue weighted by Gasteiger charge is 2.23. The van der Waals surface area contributed by atoms with Crippen LogP contribution in [0.3, 0.4) is 0 Å². The molecule has 1 aliphatic rings. The fourth-order valence-corrected chi connectivity index (χ4v) is 3.37. The van der Waals surface area contributed by atoms with Crippen molar-refractivity contribution in [3.63, 3.8) is 0 Å². The Bertz CT molecular complexity index is 449. The number of hydrogen-bond acceptors (Lipinski definition) is 2. The predicted molar refractivity (Wildman–Crippen MR) is 93.2 cm³/mol. The molecule has 0 radical (unpaired) electrons. The van der Waals surface area contributed by atoms with E-state index in [2.05, 4.69) is 50.0 Å². The number of anilines is 1. The molecule has 2 rings (SSSR count). The molecule has 1 aromatic carbocycles. The van der Waals surface area contributed by atoms with Crippen molar-refractivity contribution in [3.8, 4) is 0 Å². The first kappa shape index (κ1) is 16.6. The van der Waals surface area contributed by atoms with Gasteiger partial charge in [-0.25, -0.2) is 0 Å². The first-order chi connectivity index (χ1) is 9.99. The van der Waals surface area contributed by atoms with E-state index < -0.39 is 0 Å². The van der Waals surface area contributed by atoms with Gasteiger partial charge in [-0.2, -0.15) is 0 Å². The van der Waals surface area contributed by atoms with Crippen LogP contribution in [0.4, 0.5) is 5.69 Å². The second kappa shape index (κ2) is 7.51. The maximum atomic E-state index is 6.44. The van der Waals surface area contributed by atoms with E-state index in [1.54, 1.807) is 0 Å². The zero-order valence-corrected chi connectivity index (χ0v) is 14.6. The number of hydrogen-bond donors (Lipinski definition) is 1. The van der Waals surface area contributed by atoms with Crippen LogP contribution < -0.4 is 10.2 Å². The highest BCUT2D eigenvalue weighted by atomic mass is 35.5. The number of halogens is 1. The summed E-state index contributed by atoms with van der Waals surface area (Å²) in [5.41, 5.74) is 2.56. The Morgan fingerprint density at radius 1 is 1.19 bits per heavy atom. The number of rotatable bonds is 5. The van der Waals surface area contributed by atoms with Gasteiger partial charge < -0.3 is 10.2 Å². The van der Waals surface area contributed by atoms with Gasteiger partial charge in [-0.15, -0.1) is 0 Å². The van der Waals surface area contributed by atoms with Crippen molar-refractivity contribution >= 4 is 17.3 Å². The molecular weight excluding hydrogens is 280 g/mol. The van der Waals surface area contributed by atoms with Crippen LogP contribution in [0.15, 0.2) is 18.2 Å². The lowest BCUT2D eigenvalue weighted by atomic mass is 9.86. The van der Waals surface area contributed by atoms with Crippen LogP contribution in [0, 0.1) is 11.8 Å². The van der Waals surface area contributed by atoms with Gasteiger partial charge >= 0.3 is 0 Å². The molecule has 0 aromatic heterocycles. The van der Waals surface area contributed by atoms with Gasteiger partial charge in [0, 0.05) is 41.9 Å². The Morgan fingerprint density at radius 2 is 1.86 bits per heavy atom. The van der Waals surface area contributed by atoms with Crippen LogP contribution in [-0.4, -0.2) is 19.1 Å². The van der Waals surface area contributed by atoms with E-state index in [1.807, 2.05) is 6.07 Å². The van der Waals surface area contributed by atoms with Crippen molar-refractivity contribution in [1.82, 2.24) is 5.32 Å². The van der Waals surface area contributed by atoms with E-state index in [4.69, 9.17) is 11.6 Å². The van der Waals surface area contributed by atoms with Crippen molar-refractivity contribution in [3.05, 3.63) is 28.8 Å². The molecule has 2 nitrogen and oxygen atoms in total. The third-order valence-corrected chi connectivity index (χ3v) is 4.96. The molecule has 0 amide bonds. The van der Waals surface area contributed by atoms with Gasteiger partial charge in [0.1, 0.15) is 0 Å². The van der Waals surface area contributed by atoms with E-state index in [0.717, 1.165) is 36.5 Å². The molecule has 1 aromatic rings. The molecule has 1 heterocycles. The van der Waals surface area contributed by atoms with Gasteiger partial charge in [-0.3, -0.25) is 0 Å². The molecule has 0 spiro atoms. The molecule has 0 unspecified atom stereocenters. The summed E-state index contributed by atoms with van der Waals surface area (Å²) in [5, 5.41) is 4.38. The molecule has 1 aliphatic heterocycles. The summed E-state index contributed by atoms with van der Waals surface area (Å²) < 4.78 is 0. The van der Waals surface area contributed by atoms with E-state index in [9.17, 15) is 0 Å². The predicted octanol–water partition coefficient (Wildman–Crippen LogP) is 4.71. The zero-order valence-electron chi connectivity index (χ0n) is 13.8. The van der Waals surface area contributed by atoms with Crippen molar-refractivity contribution < 1.29 is 0 Å². The van der Waals surface area contributed by atoms with Crippen LogP contribution >= 0.6 is 11.6 Å². The van der Waals surface area contributed by atoms with Crippen LogP contribution in [0.1, 0.15) is 46.1 Å². The molecule has 0 saturated carbocycles. The molecule has 0 aliphatic carbocycles. The molecule has 0 atom stereocenters. The average molecular weight is 309 g/mol. The van der Waals surface area contributed by atoms with Crippen molar-refractivity contribution in [1.29, 1.82) is 0 Å². The SMILES string of the molecule is CC(C)NCc1c(Cl)cccc1N1CCC(C(C)C)CC1. The monoisotopic (exact) mass is 308 g/mol. The molecule has 3 heteroatoms. The molecule has 1 saturated heterocycles. The fraction of sp³-hybridized carbons (Fsp3) is 0.667. The molecule has 1 fully saturated rings. The zero-order chi connectivity index (χ0) is 15.4. The van der Waals surface area contributed by atoms with Crippen molar-refractivity contribution in [2.75, 3.05) is 18.0 Å². The van der Waals surface area contributed by atoms with Gasteiger partial charge in [-0.1, -0.05) is 45.4 Å². The van der Waals surface area contributed by atoms with Gasteiger partial charge in [0.2, 0.25) is 0 Å². The number of benzene rings is 1. The normalized spacial score (nSPS) is 17.0. The van der Waals surface area contributed by atoms with E-state index in [0.29, 0.717) is 6.04 Å². The summed E-state index contributed by atoms with van der Waals surface area (Å²) in [4.78, 5) is 2.52. The lowest BCUT2D eigenvalue weighted by Gasteiger charge is -2.36. The summed E-state index contributed by atoms with van der Waals surface area (Å²) in [5.74, 6) is 1.67. The fourth-order valence-electron chi connectivity index (χ4n) is 3.13. The third kappa shape index (κ3) is 4.37. The summed E-state index contributed by atoms with van der Waals surface area (Å²) in [7, 11) is 0. The Labute approximate surface area is 134 Å². The minimum absolute atomic E-state index is 0.473. The Balaban J connectivity index is 2.11. The van der Waals surface area contributed by atoms with Crippen molar-refractivity contribution in [2.45, 2.75) is 53.1 Å². The maximum Gasteiger partial charge on any atom is 0.0471 e. The number of piperidine rings is 1. The topological polar surface area (TPSA) is 15.3 Å². The van der Waals surface area contributed by atoms with Crippen LogP contribution in [-0.2, 0) is 6.54 Å². The smallest absolute Gasteiger partial charge is 0.0471 e. The van der Waals surface area contributed by atoms with Gasteiger partial charge in [-0.05, 0) is 36.8 Å². The lowest BCUT2D eigenvalue weighted by Crippen LogP contribution is -2.36. The first-order valence-electron chi connectivity index (χ1n) is 8.24. The Kier molecular flexibility index (Phi) is 5.95. The van der Waals surface area contributed by atoms with Crippen LogP contribution in [0.25, 0.3) is 0 Å². The van der Waals surface area contributed by atoms with Gasteiger partial charge in [0.15, 0.2) is 0 Å². The van der Waals surface area contributed by atoms with Crippen LogP contribution in [0.5, 0.6) is 0 Å².